The van der Waals surface area contributed by atoms with Crippen LogP contribution in [0, 0.1) is 17.4 Å². The van der Waals surface area contributed by atoms with Crippen molar-refractivity contribution in [2.24, 2.45) is 10.9 Å². The van der Waals surface area contributed by atoms with Gasteiger partial charge in [-0.2, -0.15) is 5.26 Å². The molecule has 1 fully saturated rings. The Morgan fingerprint density at radius 2 is 2.40 bits per heavy atom. The standard InChI is InChI=1S/C10H18N4S/c1-8-6-14(2)5-4-9(8)13-10(15-3)12-7-11/h8-9H,4-6H2,1-3H3,(H,12,13). The van der Waals surface area contributed by atoms with Gasteiger partial charge in [-0.3, -0.25) is 10.3 Å². The van der Waals surface area contributed by atoms with Crippen LogP contribution >= 0.6 is 11.8 Å². The van der Waals surface area contributed by atoms with Crippen molar-refractivity contribution in [3.63, 3.8) is 0 Å². The number of nitrogens with one attached hydrogen (secondary N) is 1. The van der Waals surface area contributed by atoms with E-state index in [0.29, 0.717) is 12.0 Å². The number of amidine groups is 1. The second kappa shape index (κ2) is 5.99. The summed E-state index contributed by atoms with van der Waals surface area (Å²) in [7, 11) is 2.14. The van der Waals surface area contributed by atoms with E-state index in [0.717, 1.165) is 24.7 Å². The zero-order valence-corrected chi connectivity index (χ0v) is 10.3. The molecule has 1 aliphatic heterocycles. The van der Waals surface area contributed by atoms with Crippen LogP contribution in [-0.2, 0) is 0 Å². The summed E-state index contributed by atoms with van der Waals surface area (Å²) in [4.78, 5) is 6.91. The maximum absolute atomic E-state index is 8.54. The first-order valence-corrected chi connectivity index (χ1v) is 6.35. The third-order valence-electron chi connectivity index (χ3n) is 2.70. The zero-order valence-electron chi connectivity index (χ0n) is 9.53. The molecule has 4 nitrogen and oxygen atoms in total. The molecule has 84 valence electrons. The summed E-state index contributed by atoms with van der Waals surface area (Å²) in [5.74, 6) is 0.561. The first-order chi connectivity index (χ1) is 7.17. The molecule has 2 atom stereocenters. The number of aliphatic imine (C=N–C) groups is 1. The van der Waals surface area contributed by atoms with Gasteiger partial charge in [-0.05, 0) is 32.2 Å². The summed E-state index contributed by atoms with van der Waals surface area (Å²) in [5.41, 5.74) is 0. The topological polar surface area (TPSA) is 51.4 Å². The highest BCUT2D eigenvalue weighted by molar-refractivity contribution is 8.13. The molecule has 0 spiro atoms. The van der Waals surface area contributed by atoms with E-state index in [1.807, 2.05) is 12.4 Å². The SMILES string of the molecule is CSC(=NC1CCN(C)CC1C)NC#N. The lowest BCUT2D eigenvalue weighted by Gasteiger charge is -2.32. The van der Waals surface area contributed by atoms with Crippen LogP contribution in [-0.4, -0.2) is 42.5 Å². The van der Waals surface area contributed by atoms with E-state index >= 15 is 0 Å². The number of likely N-dealkylation sites (tertiary alicyclic amines) is 1. The van der Waals surface area contributed by atoms with Gasteiger partial charge in [-0.1, -0.05) is 18.7 Å². The van der Waals surface area contributed by atoms with Crippen LogP contribution in [0.25, 0.3) is 0 Å². The Kier molecular flexibility index (Phi) is 4.92. The van der Waals surface area contributed by atoms with Crippen LogP contribution < -0.4 is 5.32 Å². The minimum Gasteiger partial charge on any atom is -0.306 e. The lowest BCUT2D eigenvalue weighted by atomic mass is 9.95. The average molecular weight is 226 g/mol. The van der Waals surface area contributed by atoms with Crippen molar-refractivity contribution >= 4 is 16.9 Å². The van der Waals surface area contributed by atoms with Gasteiger partial charge in [0.2, 0.25) is 0 Å². The minimum absolute atomic E-state index is 0.351. The maximum atomic E-state index is 8.54. The summed E-state index contributed by atoms with van der Waals surface area (Å²) >= 11 is 1.49. The van der Waals surface area contributed by atoms with Crippen LogP contribution in [0.3, 0.4) is 0 Å². The number of hydrogen-bond donors (Lipinski definition) is 1. The van der Waals surface area contributed by atoms with Crippen molar-refractivity contribution in [2.45, 2.75) is 19.4 Å². The molecule has 0 aromatic carbocycles. The van der Waals surface area contributed by atoms with Crippen LogP contribution in [0.15, 0.2) is 4.99 Å². The van der Waals surface area contributed by atoms with Crippen LogP contribution in [0.5, 0.6) is 0 Å². The van der Waals surface area contributed by atoms with Gasteiger partial charge in [0, 0.05) is 6.54 Å². The Hall–Kier alpha value is -0.730. The molecule has 0 aliphatic carbocycles. The minimum atomic E-state index is 0.351. The summed E-state index contributed by atoms with van der Waals surface area (Å²) in [5, 5.41) is 11.9. The molecule has 0 saturated carbocycles. The number of nitriles is 1. The van der Waals surface area contributed by atoms with Crippen molar-refractivity contribution < 1.29 is 0 Å². The molecule has 1 aliphatic rings. The van der Waals surface area contributed by atoms with Crippen molar-refractivity contribution in [2.75, 3.05) is 26.4 Å². The largest absolute Gasteiger partial charge is 0.306 e. The highest BCUT2D eigenvalue weighted by Gasteiger charge is 2.23. The fraction of sp³-hybridized carbons (Fsp3) is 0.800. The molecule has 1 N–H and O–H groups in total. The molecular formula is C10H18N4S. The van der Waals surface area contributed by atoms with Crippen LogP contribution in [0.1, 0.15) is 13.3 Å². The van der Waals surface area contributed by atoms with E-state index in [-0.39, 0.29) is 0 Å². The normalized spacial score (nSPS) is 28.5. The van der Waals surface area contributed by atoms with E-state index in [1.165, 1.54) is 11.8 Å². The van der Waals surface area contributed by atoms with Crippen molar-refractivity contribution in [3.05, 3.63) is 0 Å². The quantitative estimate of drug-likeness (QED) is 0.315. The number of nitrogens with zero attached hydrogens (tertiary/aromatic N) is 3. The summed E-state index contributed by atoms with van der Waals surface area (Å²) in [6, 6.07) is 0.351. The maximum Gasteiger partial charge on any atom is 0.183 e. The second-order valence-corrected chi connectivity index (χ2v) is 4.77. The molecule has 0 aromatic heterocycles. The molecule has 1 saturated heterocycles. The third kappa shape index (κ3) is 3.73. The Balaban J connectivity index is 2.59. The van der Waals surface area contributed by atoms with E-state index in [9.17, 15) is 0 Å². The van der Waals surface area contributed by atoms with Gasteiger partial charge in [0.15, 0.2) is 11.4 Å². The second-order valence-electron chi connectivity index (χ2n) is 3.97. The van der Waals surface area contributed by atoms with Crippen molar-refractivity contribution in [3.8, 4) is 6.19 Å². The smallest absolute Gasteiger partial charge is 0.183 e. The number of rotatable bonds is 1. The molecular weight excluding hydrogens is 208 g/mol. The van der Waals surface area contributed by atoms with Gasteiger partial charge in [0.25, 0.3) is 0 Å². The molecule has 0 amide bonds. The van der Waals surface area contributed by atoms with E-state index in [2.05, 4.69) is 29.2 Å². The molecule has 15 heavy (non-hydrogen) atoms. The van der Waals surface area contributed by atoms with E-state index in [4.69, 9.17) is 5.26 Å². The Labute approximate surface area is 95.7 Å². The molecule has 0 aromatic rings. The number of piperidine rings is 1. The summed E-state index contributed by atoms with van der Waals surface area (Å²) in [6.07, 6.45) is 4.93. The monoisotopic (exact) mass is 226 g/mol. The predicted molar refractivity (Wildman–Crippen MR) is 64.8 cm³/mol. The molecule has 0 radical (unpaired) electrons. The molecule has 5 heteroatoms. The third-order valence-corrected chi connectivity index (χ3v) is 3.30. The van der Waals surface area contributed by atoms with Gasteiger partial charge in [-0.25, -0.2) is 0 Å². The molecule has 1 rings (SSSR count). The Morgan fingerprint density at radius 3 is 2.93 bits per heavy atom. The van der Waals surface area contributed by atoms with Gasteiger partial charge in [0.1, 0.15) is 0 Å². The van der Waals surface area contributed by atoms with E-state index in [1.54, 1.807) is 0 Å². The molecule has 1 heterocycles. The van der Waals surface area contributed by atoms with E-state index < -0.39 is 0 Å². The lowest BCUT2D eigenvalue weighted by Crippen LogP contribution is -2.39. The summed E-state index contributed by atoms with van der Waals surface area (Å²) < 4.78 is 0. The Morgan fingerprint density at radius 1 is 1.67 bits per heavy atom. The van der Waals surface area contributed by atoms with Crippen LogP contribution in [0.4, 0.5) is 0 Å². The lowest BCUT2D eigenvalue weighted by molar-refractivity contribution is 0.198. The molecule has 2 unspecified atom stereocenters. The summed E-state index contributed by atoms with van der Waals surface area (Å²) in [6.45, 7) is 4.39. The van der Waals surface area contributed by atoms with Gasteiger partial charge in [0.05, 0.1) is 6.04 Å². The highest BCUT2D eigenvalue weighted by Crippen LogP contribution is 2.19. The van der Waals surface area contributed by atoms with Crippen molar-refractivity contribution in [1.82, 2.24) is 10.2 Å². The molecule has 0 bridgehead atoms. The fourth-order valence-corrected chi connectivity index (χ4v) is 2.26. The van der Waals surface area contributed by atoms with Gasteiger partial charge in [-0.15, -0.1) is 0 Å². The fourth-order valence-electron chi connectivity index (χ4n) is 1.87. The first kappa shape index (κ1) is 12.3. The Bertz CT molecular complexity index is 271. The van der Waals surface area contributed by atoms with Gasteiger partial charge >= 0.3 is 0 Å². The zero-order chi connectivity index (χ0) is 11.3. The average Bonchev–Trinajstić information content (AvgIpc) is 2.21. The highest BCUT2D eigenvalue weighted by atomic mass is 32.2. The number of thioether (sulfide) groups is 1. The first-order valence-electron chi connectivity index (χ1n) is 5.12. The predicted octanol–water partition coefficient (Wildman–Crippen LogP) is 1.12. The van der Waals surface area contributed by atoms with Crippen LogP contribution in [0.2, 0.25) is 0 Å². The van der Waals surface area contributed by atoms with Crippen molar-refractivity contribution in [1.29, 1.82) is 5.26 Å². The van der Waals surface area contributed by atoms with Gasteiger partial charge < -0.3 is 4.90 Å². The number of hydrogen-bond acceptors (Lipinski definition) is 4.